The summed E-state index contributed by atoms with van der Waals surface area (Å²) in [5, 5.41) is 13.8. The number of carbonyl (C=O) groups excluding carboxylic acids is 1. The molecule has 126 valence electrons. The summed E-state index contributed by atoms with van der Waals surface area (Å²) in [4.78, 5) is 22.6. The lowest BCUT2D eigenvalue weighted by Gasteiger charge is -2.16. The van der Waals surface area contributed by atoms with Crippen LogP contribution in [0.2, 0.25) is 0 Å². The predicted octanol–water partition coefficient (Wildman–Crippen LogP) is 3.03. The standard InChI is InChI=1S/C18H20N2O4/c1-13-7-3-6-10-17(13)24-12-14(2)19-18(21)11-15-8-4-5-9-16(15)20(22)23/h3-10,14H,11-12H2,1-2H3,(H,19,21). The Kier molecular flexibility index (Phi) is 5.89. The first kappa shape index (κ1) is 17.5. The van der Waals surface area contributed by atoms with Crippen LogP contribution in [0.4, 0.5) is 5.69 Å². The number of aryl methyl sites for hydroxylation is 1. The maximum absolute atomic E-state index is 12.1. The summed E-state index contributed by atoms with van der Waals surface area (Å²) in [6.07, 6.45) is -0.0359. The number of benzene rings is 2. The zero-order valence-electron chi connectivity index (χ0n) is 13.7. The fourth-order valence-electron chi connectivity index (χ4n) is 2.31. The van der Waals surface area contributed by atoms with E-state index in [4.69, 9.17) is 4.74 Å². The third-order valence-corrected chi connectivity index (χ3v) is 3.53. The number of nitro groups is 1. The van der Waals surface area contributed by atoms with Gasteiger partial charge in [-0.15, -0.1) is 0 Å². The van der Waals surface area contributed by atoms with Crippen molar-refractivity contribution in [1.82, 2.24) is 5.32 Å². The van der Waals surface area contributed by atoms with E-state index in [0.717, 1.165) is 11.3 Å². The summed E-state index contributed by atoms with van der Waals surface area (Å²) in [7, 11) is 0. The van der Waals surface area contributed by atoms with Crippen molar-refractivity contribution >= 4 is 11.6 Å². The van der Waals surface area contributed by atoms with Crippen LogP contribution < -0.4 is 10.1 Å². The normalized spacial score (nSPS) is 11.6. The van der Waals surface area contributed by atoms with E-state index in [1.807, 2.05) is 38.1 Å². The van der Waals surface area contributed by atoms with Crippen LogP contribution in [0.1, 0.15) is 18.1 Å². The van der Waals surface area contributed by atoms with Crippen LogP contribution in [-0.2, 0) is 11.2 Å². The highest BCUT2D eigenvalue weighted by atomic mass is 16.6. The van der Waals surface area contributed by atoms with E-state index in [0.29, 0.717) is 12.2 Å². The lowest BCUT2D eigenvalue weighted by molar-refractivity contribution is -0.385. The molecule has 1 amide bonds. The van der Waals surface area contributed by atoms with E-state index in [2.05, 4.69) is 5.32 Å². The number of hydrogen-bond donors (Lipinski definition) is 1. The average Bonchev–Trinajstić information content (AvgIpc) is 2.54. The number of carbonyl (C=O) groups is 1. The summed E-state index contributed by atoms with van der Waals surface area (Å²) in [6, 6.07) is 13.7. The molecule has 0 bridgehead atoms. The summed E-state index contributed by atoms with van der Waals surface area (Å²) < 4.78 is 5.69. The molecule has 2 aromatic rings. The Labute approximate surface area is 140 Å². The second-order valence-corrected chi connectivity index (χ2v) is 5.61. The van der Waals surface area contributed by atoms with Gasteiger partial charge < -0.3 is 10.1 Å². The smallest absolute Gasteiger partial charge is 0.273 e. The summed E-state index contributed by atoms with van der Waals surface area (Å²) in [6.45, 7) is 4.11. The molecule has 24 heavy (non-hydrogen) atoms. The van der Waals surface area contributed by atoms with Crippen LogP contribution in [0, 0.1) is 17.0 Å². The highest BCUT2D eigenvalue weighted by Gasteiger charge is 2.16. The number of nitro benzene ring substituents is 1. The number of hydrogen-bond acceptors (Lipinski definition) is 4. The van der Waals surface area contributed by atoms with E-state index in [-0.39, 0.29) is 24.1 Å². The van der Waals surface area contributed by atoms with E-state index < -0.39 is 4.92 Å². The molecule has 2 rings (SSSR count). The predicted molar refractivity (Wildman–Crippen MR) is 91.1 cm³/mol. The molecule has 1 N–H and O–H groups in total. The molecule has 0 aliphatic rings. The lowest BCUT2D eigenvalue weighted by Crippen LogP contribution is -2.37. The van der Waals surface area contributed by atoms with E-state index in [1.54, 1.807) is 18.2 Å². The minimum atomic E-state index is -0.479. The molecular weight excluding hydrogens is 308 g/mol. The minimum Gasteiger partial charge on any atom is -0.491 e. The van der Waals surface area contributed by atoms with Crippen LogP contribution in [-0.4, -0.2) is 23.5 Å². The topological polar surface area (TPSA) is 81.5 Å². The van der Waals surface area contributed by atoms with Gasteiger partial charge in [0.2, 0.25) is 5.91 Å². The number of nitrogens with zero attached hydrogens (tertiary/aromatic N) is 1. The SMILES string of the molecule is Cc1ccccc1OCC(C)NC(=O)Cc1ccccc1[N+](=O)[O-]. The van der Waals surface area contributed by atoms with Gasteiger partial charge in [-0.25, -0.2) is 0 Å². The van der Waals surface area contributed by atoms with E-state index in [1.165, 1.54) is 6.07 Å². The Bertz CT molecular complexity index is 730. The van der Waals surface area contributed by atoms with Gasteiger partial charge in [-0.1, -0.05) is 36.4 Å². The van der Waals surface area contributed by atoms with Crippen molar-refractivity contribution in [3.63, 3.8) is 0 Å². The Hall–Kier alpha value is -2.89. The van der Waals surface area contributed by atoms with Crippen molar-refractivity contribution in [3.8, 4) is 5.75 Å². The number of ether oxygens (including phenoxy) is 1. The van der Waals surface area contributed by atoms with Gasteiger partial charge in [0, 0.05) is 11.6 Å². The molecule has 0 aliphatic carbocycles. The van der Waals surface area contributed by atoms with Crippen molar-refractivity contribution in [3.05, 3.63) is 69.8 Å². The molecule has 0 spiro atoms. The number of nitrogens with one attached hydrogen (secondary N) is 1. The number of amides is 1. The molecule has 1 atom stereocenters. The molecular formula is C18H20N2O4. The minimum absolute atomic E-state index is 0.0359. The number of rotatable bonds is 7. The summed E-state index contributed by atoms with van der Waals surface area (Å²) in [5.41, 5.74) is 1.37. The molecule has 1 unspecified atom stereocenters. The van der Waals surface area contributed by atoms with Crippen molar-refractivity contribution < 1.29 is 14.5 Å². The van der Waals surface area contributed by atoms with E-state index >= 15 is 0 Å². The maximum atomic E-state index is 12.1. The highest BCUT2D eigenvalue weighted by Crippen LogP contribution is 2.18. The van der Waals surface area contributed by atoms with Crippen molar-refractivity contribution in [2.75, 3.05) is 6.61 Å². The molecule has 0 aromatic heterocycles. The molecule has 2 aromatic carbocycles. The summed E-state index contributed by atoms with van der Waals surface area (Å²) in [5.74, 6) is 0.502. The Morgan fingerprint density at radius 1 is 1.21 bits per heavy atom. The molecule has 0 saturated carbocycles. The van der Waals surface area contributed by atoms with Gasteiger partial charge >= 0.3 is 0 Å². The fraction of sp³-hybridized carbons (Fsp3) is 0.278. The van der Waals surface area contributed by atoms with Crippen molar-refractivity contribution in [2.24, 2.45) is 0 Å². The zero-order valence-corrected chi connectivity index (χ0v) is 13.7. The quantitative estimate of drug-likeness (QED) is 0.625. The van der Waals surface area contributed by atoms with Crippen LogP contribution in [0.3, 0.4) is 0 Å². The van der Waals surface area contributed by atoms with Crippen LogP contribution in [0.25, 0.3) is 0 Å². The lowest BCUT2D eigenvalue weighted by atomic mass is 10.1. The van der Waals surface area contributed by atoms with Gasteiger partial charge in [0.05, 0.1) is 17.4 Å². The number of para-hydroxylation sites is 2. The van der Waals surface area contributed by atoms with Crippen molar-refractivity contribution in [2.45, 2.75) is 26.3 Å². The molecule has 6 heteroatoms. The molecule has 0 aliphatic heterocycles. The van der Waals surface area contributed by atoms with Gasteiger partial charge in [-0.3, -0.25) is 14.9 Å². The van der Waals surface area contributed by atoms with Gasteiger partial charge in [0.25, 0.3) is 5.69 Å². The summed E-state index contributed by atoms with van der Waals surface area (Å²) >= 11 is 0. The molecule has 0 fully saturated rings. The Balaban J connectivity index is 1.88. The highest BCUT2D eigenvalue weighted by molar-refractivity contribution is 5.80. The zero-order chi connectivity index (χ0) is 17.5. The Morgan fingerprint density at radius 3 is 2.58 bits per heavy atom. The average molecular weight is 328 g/mol. The van der Waals surface area contributed by atoms with Crippen LogP contribution >= 0.6 is 0 Å². The first-order valence-electron chi connectivity index (χ1n) is 7.67. The second kappa shape index (κ2) is 8.10. The first-order valence-corrected chi connectivity index (χ1v) is 7.67. The first-order chi connectivity index (χ1) is 11.5. The van der Waals surface area contributed by atoms with E-state index in [9.17, 15) is 14.9 Å². The van der Waals surface area contributed by atoms with Crippen LogP contribution in [0.5, 0.6) is 5.75 Å². The molecule has 0 radical (unpaired) electrons. The van der Waals surface area contributed by atoms with Crippen molar-refractivity contribution in [1.29, 1.82) is 0 Å². The fourth-order valence-corrected chi connectivity index (χ4v) is 2.31. The molecule has 6 nitrogen and oxygen atoms in total. The van der Waals surface area contributed by atoms with Gasteiger partial charge in [0.1, 0.15) is 12.4 Å². The van der Waals surface area contributed by atoms with Gasteiger partial charge in [-0.05, 0) is 25.5 Å². The molecule has 0 heterocycles. The Morgan fingerprint density at radius 2 is 1.88 bits per heavy atom. The monoisotopic (exact) mass is 328 g/mol. The van der Waals surface area contributed by atoms with Gasteiger partial charge in [-0.2, -0.15) is 0 Å². The van der Waals surface area contributed by atoms with Gasteiger partial charge in [0.15, 0.2) is 0 Å². The second-order valence-electron chi connectivity index (χ2n) is 5.61. The largest absolute Gasteiger partial charge is 0.491 e. The third-order valence-electron chi connectivity index (χ3n) is 3.53. The maximum Gasteiger partial charge on any atom is 0.273 e. The molecule has 0 saturated heterocycles. The third kappa shape index (κ3) is 4.81. The van der Waals surface area contributed by atoms with Crippen LogP contribution in [0.15, 0.2) is 48.5 Å².